The third kappa shape index (κ3) is 6.32. The predicted octanol–water partition coefficient (Wildman–Crippen LogP) is 5.57. The van der Waals surface area contributed by atoms with Crippen molar-refractivity contribution in [1.82, 2.24) is 9.88 Å². The van der Waals surface area contributed by atoms with Crippen molar-refractivity contribution in [2.24, 2.45) is 10.2 Å². The van der Waals surface area contributed by atoms with Gasteiger partial charge in [0, 0.05) is 16.1 Å². The lowest BCUT2D eigenvalue weighted by Gasteiger charge is -2.09. The number of amides is 1. The minimum absolute atomic E-state index is 0.0859. The van der Waals surface area contributed by atoms with Gasteiger partial charge in [-0.25, -0.2) is 4.79 Å². The molecule has 0 unspecified atom stereocenters. The van der Waals surface area contributed by atoms with E-state index in [1.807, 2.05) is 0 Å². The van der Waals surface area contributed by atoms with Crippen LogP contribution in [0.2, 0.25) is 5.02 Å². The number of esters is 1. The Labute approximate surface area is 221 Å². The molecule has 4 aromatic rings. The van der Waals surface area contributed by atoms with E-state index in [1.165, 1.54) is 4.57 Å². The Hall–Kier alpha value is -4.22. The molecule has 0 saturated heterocycles. The Morgan fingerprint density at radius 2 is 1.97 bits per heavy atom. The Bertz CT molecular complexity index is 1470. The molecule has 2 aromatic heterocycles. The summed E-state index contributed by atoms with van der Waals surface area (Å²) in [6.45, 7) is 2.10. The minimum atomic E-state index is -0.444. The van der Waals surface area contributed by atoms with Crippen molar-refractivity contribution >= 4 is 63.1 Å². The molecule has 190 valence electrons. The van der Waals surface area contributed by atoms with Crippen LogP contribution in [0.1, 0.15) is 23.0 Å². The Morgan fingerprint density at radius 3 is 2.68 bits per heavy atom. The van der Waals surface area contributed by atoms with Crippen molar-refractivity contribution in [3.05, 3.63) is 77.2 Å². The molecule has 0 aliphatic carbocycles. The smallest absolute Gasteiger partial charge is 0.338 e. The summed E-state index contributed by atoms with van der Waals surface area (Å²) in [7, 11) is 0. The molecule has 0 saturated carbocycles. The average molecular weight is 540 g/mol. The molecule has 0 bridgehead atoms. The first kappa shape index (κ1) is 25.9. The maximum Gasteiger partial charge on any atom is 0.338 e. The molecule has 10 nitrogen and oxygen atoms in total. The number of ether oxygens (including phenoxy) is 1. The molecule has 1 amide bonds. The Kier molecular flexibility index (Phi) is 8.16. The van der Waals surface area contributed by atoms with Gasteiger partial charge in [-0.15, -0.1) is 10.2 Å². The SMILES string of the molecule is CCOC(=O)c1ccc(NC(=O)Cn2c(O)c(N=NC(=S)NCc3ccco3)c3cc(Cl)ccc32)cc1. The zero-order valence-corrected chi connectivity index (χ0v) is 21.2. The number of furan rings is 1. The molecular weight excluding hydrogens is 518 g/mol. The number of rotatable bonds is 8. The van der Waals surface area contributed by atoms with Gasteiger partial charge in [-0.3, -0.25) is 4.79 Å². The fourth-order valence-electron chi connectivity index (χ4n) is 3.51. The van der Waals surface area contributed by atoms with Crippen molar-refractivity contribution in [3.63, 3.8) is 0 Å². The summed E-state index contributed by atoms with van der Waals surface area (Å²) in [4.78, 5) is 24.6. The summed E-state index contributed by atoms with van der Waals surface area (Å²) in [5, 5.41) is 25.6. The van der Waals surface area contributed by atoms with Gasteiger partial charge in [0.15, 0.2) is 5.69 Å². The normalized spacial score (nSPS) is 11.1. The zero-order chi connectivity index (χ0) is 26.4. The van der Waals surface area contributed by atoms with E-state index >= 15 is 0 Å². The predicted molar refractivity (Wildman–Crippen MR) is 142 cm³/mol. The molecule has 2 heterocycles. The van der Waals surface area contributed by atoms with Gasteiger partial charge in [0.25, 0.3) is 0 Å². The molecule has 37 heavy (non-hydrogen) atoms. The van der Waals surface area contributed by atoms with Gasteiger partial charge in [-0.2, -0.15) is 0 Å². The zero-order valence-electron chi connectivity index (χ0n) is 19.6. The molecule has 0 atom stereocenters. The first-order valence-electron chi connectivity index (χ1n) is 11.2. The van der Waals surface area contributed by atoms with Gasteiger partial charge in [0.05, 0.1) is 30.5 Å². The molecule has 2 aromatic carbocycles. The van der Waals surface area contributed by atoms with Crippen molar-refractivity contribution in [3.8, 4) is 5.88 Å². The number of azo groups is 1. The van der Waals surface area contributed by atoms with E-state index in [9.17, 15) is 14.7 Å². The van der Waals surface area contributed by atoms with Gasteiger partial charge in [-0.1, -0.05) is 11.6 Å². The number of aromatic hydroxyl groups is 1. The number of hydrogen-bond acceptors (Lipinski definition) is 7. The summed E-state index contributed by atoms with van der Waals surface area (Å²) >= 11 is 11.4. The number of aromatic nitrogens is 1. The number of nitrogens with one attached hydrogen (secondary N) is 2. The largest absolute Gasteiger partial charge is 0.493 e. The van der Waals surface area contributed by atoms with Crippen LogP contribution in [0.25, 0.3) is 10.9 Å². The molecule has 0 aliphatic heterocycles. The summed E-state index contributed by atoms with van der Waals surface area (Å²) in [6.07, 6.45) is 1.55. The number of hydrogen-bond donors (Lipinski definition) is 3. The molecule has 12 heteroatoms. The fraction of sp³-hybridized carbons (Fsp3) is 0.160. The van der Waals surface area contributed by atoms with E-state index in [1.54, 1.807) is 67.8 Å². The number of nitrogens with zero attached hydrogens (tertiary/aromatic N) is 3. The molecule has 4 rings (SSSR count). The second-order valence-electron chi connectivity index (χ2n) is 7.70. The van der Waals surface area contributed by atoms with Gasteiger partial charge < -0.3 is 29.5 Å². The molecule has 0 radical (unpaired) electrons. The number of carbonyl (C=O) groups is 2. The number of anilines is 1. The van der Waals surface area contributed by atoms with Crippen LogP contribution < -0.4 is 10.6 Å². The monoisotopic (exact) mass is 539 g/mol. The molecule has 0 spiro atoms. The maximum absolute atomic E-state index is 12.8. The fourth-order valence-corrected chi connectivity index (χ4v) is 3.79. The topological polar surface area (TPSA) is 130 Å². The third-order valence-corrected chi connectivity index (χ3v) is 5.65. The molecule has 0 fully saturated rings. The first-order valence-corrected chi connectivity index (χ1v) is 11.9. The van der Waals surface area contributed by atoms with E-state index in [2.05, 4.69) is 20.9 Å². The number of thiocarbonyl (C=S) groups is 1. The highest BCUT2D eigenvalue weighted by molar-refractivity contribution is 7.80. The Morgan fingerprint density at radius 1 is 1.19 bits per heavy atom. The van der Waals surface area contributed by atoms with Crippen LogP contribution in [-0.4, -0.2) is 33.3 Å². The van der Waals surface area contributed by atoms with Crippen molar-refractivity contribution in [2.45, 2.75) is 20.0 Å². The Balaban J connectivity index is 1.51. The summed E-state index contributed by atoms with van der Waals surface area (Å²) in [5.74, 6) is -0.460. The maximum atomic E-state index is 12.8. The lowest BCUT2D eigenvalue weighted by Crippen LogP contribution is -2.18. The van der Waals surface area contributed by atoms with Crippen molar-refractivity contribution < 1.29 is 23.8 Å². The van der Waals surface area contributed by atoms with Crippen molar-refractivity contribution in [1.29, 1.82) is 0 Å². The van der Waals surface area contributed by atoms with Gasteiger partial charge in [0.1, 0.15) is 12.3 Å². The van der Waals surface area contributed by atoms with Crippen LogP contribution >= 0.6 is 23.8 Å². The average Bonchev–Trinajstić information content (AvgIpc) is 3.48. The van der Waals surface area contributed by atoms with E-state index in [0.717, 1.165) is 0 Å². The second-order valence-corrected chi connectivity index (χ2v) is 8.53. The van der Waals surface area contributed by atoms with E-state index in [-0.39, 0.29) is 29.8 Å². The van der Waals surface area contributed by atoms with Crippen LogP contribution in [0.5, 0.6) is 5.88 Å². The first-order chi connectivity index (χ1) is 17.9. The van der Waals surface area contributed by atoms with Gasteiger partial charge >= 0.3 is 5.97 Å². The standard InChI is InChI=1S/C25H22ClN5O5S/c1-2-35-24(34)15-5-8-17(9-6-15)28-21(32)14-31-20-10-7-16(26)12-19(20)22(23(31)33)29-30-25(37)27-13-18-4-3-11-36-18/h3-12,33H,2,13-14H2,1H3,(H,27,37)(H,28,32). The lowest BCUT2D eigenvalue weighted by atomic mass is 10.2. The van der Waals surface area contributed by atoms with E-state index in [4.69, 9.17) is 33.0 Å². The highest BCUT2D eigenvalue weighted by Crippen LogP contribution is 2.40. The number of halogens is 1. The quantitative estimate of drug-likeness (QED) is 0.152. The van der Waals surface area contributed by atoms with Crippen molar-refractivity contribution in [2.75, 3.05) is 11.9 Å². The molecule has 3 N–H and O–H groups in total. The molecular formula is C25H22ClN5O5S. The summed E-state index contributed by atoms with van der Waals surface area (Å²) in [6, 6.07) is 14.8. The van der Waals surface area contributed by atoms with Crippen LogP contribution in [-0.2, 0) is 22.6 Å². The minimum Gasteiger partial charge on any atom is -0.493 e. The van der Waals surface area contributed by atoms with Crippen LogP contribution in [0.3, 0.4) is 0 Å². The lowest BCUT2D eigenvalue weighted by molar-refractivity contribution is -0.116. The summed E-state index contributed by atoms with van der Waals surface area (Å²) < 4.78 is 11.6. The highest BCUT2D eigenvalue weighted by Gasteiger charge is 2.19. The van der Waals surface area contributed by atoms with Gasteiger partial charge in [-0.05, 0) is 73.7 Å². The number of benzene rings is 2. The van der Waals surface area contributed by atoms with Crippen LogP contribution in [0.15, 0.2) is 75.5 Å². The third-order valence-electron chi connectivity index (χ3n) is 5.19. The second kappa shape index (κ2) is 11.7. The number of carbonyl (C=O) groups excluding carboxylic acids is 2. The number of fused-ring (bicyclic) bond motifs is 1. The van der Waals surface area contributed by atoms with Crippen LogP contribution in [0.4, 0.5) is 11.4 Å². The van der Waals surface area contributed by atoms with Crippen LogP contribution in [0, 0.1) is 0 Å². The van der Waals surface area contributed by atoms with Gasteiger partial charge in [0.2, 0.25) is 16.9 Å². The summed E-state index contributed by atoms with van der Waals surface area (Å²) in [5.41, 5.74) is 1.49. The van der Waals surface area contributed by atoms with E-state index < -0.39 is 11.9 Å². The van der Waals surface area contributed by atoms with E-state index in [0.29, 0.717) is 39.5 Å². The highest BCUT2D eigenvalue weighted by atomic mass is 35.5. The molecule has 0 aliphatic rings.